The normalized spacial score (nSPS) is 19.1. The minimum atomic E-state index is 0.0829. The predicted molar refractivity (Wildman–Crippen MR) is 71.2 cm³/mol. The first-order valence-corrected chi connectivity index (χ1v) is 6.40. The van der Waals surface area contributed by atoms with E-state index in [0.717, 1.165) is 12.8 Å². The van der Waals surface area contributed by atoms with E-state index in [2.05, 4.69) is 38.2 Å². The molecule has 2 nitrogen and oxygen atoms in total. The van der Waals surface area contributed by atoms with Gasteiger partial charge in [0.1, 0.15) is 0 Å². The summed E-state index contributed by atoms with van der Waals surface area (Å²) in [4.78, 5) is 0. The van der Waals surface area contributed by atoms with E-state index in [1.54, 1.807) is 0 Å². The van der Waals surface area contributed by atoms with Gasteiger partial charge in [-0.25, -0.2) is 0 Å². The molecule has 0 heterocycles. The Hall–Kier alpha value is -0.860. The van der Waals surface area contributed by atoms with E-state index in [1.165, 1.54) is 22.3 Å². The van der Waals surface area contributed by atoms with E-state index < -0.39 is 0 Å². The molecule has 1 atom stereocenters. The van der Waals surface area contributed by atoms with Crippen molar-refractivity contribution < 1.29 is 5.11 Å². The lowest BCUT2D eigenvalue weighted by Crippen LogP contribution is -2.30. The number of hydrogen-bond acceptors (Lipinski definition) is 2. The summed E-state index contributed by atoms with van der Waals surface area (Å²) in [6.07, 6.45) is 2.25. The average Bonchev–Trinajstić information content (AvgIpc) is 3.03. The summed E-state index contributed by atoms with van der Waals surface area (Å²) in [5, 5.41) is 13.0. The number of rotatable bonds is 4. The van der Waals surface area contributed by atoms with Gasteiger partial charge in [0.25, 0.3) is 0 Å². The van der Waals surface area contributed by atoms with Crippen molar-refractivity contribution in [3.05, 3.63) is 34.4 Å². The second-order valence-electron chi connectivity index (χ2n) is 5.55. The van der Waals surface area contributed by atoms with E-state index in [-0.39, 0.29) is 18.1 Å². The molecule has 0 aliphatic heterocycles. The zero-order valence-electron chi connectivity index (χ0n) is 11.3. The molecule has 1 unspecified atom stereocenters. The van der Waals surface area contributed by atoms with Crippen LogP contribution in [0.25, 0.3) is 0 Å². The molecule has 0 radical (unpaired) electrons. The van der Waals surface area contributed by atoms with Crippen molar-refractivity contribution in [3.8, 4) is 0 Å². The van der Waals surface area contributed by atoms with Gasteiger partial charge in [0.15, 0.2) is 0 Å². The number of hydrogen-bond donors (Lipinski definition) is 2. The predicted octanol–water partition coefficient (Wildman–Crippen LogP) is 2.64. The summed E-state index contributed by atoms with van der Waals surface area (Å²) in [7, 11) is 2.00. The zero-order chi connectivity index (χ0) is 12.6. The van der Waals surface area contributed by atoms with E-state index in [0.29, 0.717) is 0 Å². The van der Waals surface area contributed by atoms with Gasteiger partial charge in [-0.3, -0.25) is 0 Å². The monoisotopic (exact) mass is 233 g/mol. The summed E-state index contributed by atoms with van der Waals surface area (Å²) in [5.74, 6) is 0. The molecule has 17 heavy (non-hydrogen) atoms. The van der Waals surface area contributed by atoms with Gasteiger partial charge in [0.2, 0.25) is 0 Å². The minimum absolute atomic E-state index is 0.0829. The van der Waals surface area contributed by atoms with Crippen LogP contribution >= 0.6 is 0 Å². The van der Waals surface area contributed by atoms with Gasteiger partial charge in [-0.05, 0) is 57.4 Å². The maximum atomic E-state index is 9.62. The maximum Gasteiger partial charge on any atom is 0.0505 e. The molecule has 1 saturated carbocycles. The van der Waals surface area contributed by atoms with Crippen molar-refractivity contribution in [2.45, 2.75) is 39.7 Å². The van der Waals surface area contributed by atoms with Crippen LogP contribution in [0.2, 0.25) is 0 Å². The molecule has 2 rings (SSSR count). The van der Waals surface area contributed by atoms with Crippen LogP contribution in [-0.2, 0) is 0 Å². The highest BCUT2D eigenvalue weighted by Crippen LogP contribution is 2.55. The van der Waals surface area contributed by atoms with E-state index >= 15 is 0 Å². The summed E-state index contributed by atoms with van der Waals surface area (Å²) in [6.45, 7) is 6.77. The van der Waals surface area contributed by atoms with Crippen LogP contribution < -0.4 is 5.32 Å². The average molecular weight is 233 g/mol. The van der Waals surface area contributed by atoms with Crippen molar-refractivity contribution >= 4 is 0 Å². The molecule has 94 valence electrons. The van der Waals surface area contributed by atoms with Crippen molar-refractivity contribution in [3.63, 3.8) is 0 Å². The standard InChI is InChI=1S/C15H23NO/c1-10-7-11(2)13(12(3)8-10)14(16-4)15(9-17)5-6-15/h7-8,14,16-17H,5-6,9H2,1-4H3. The second kappa shape index (κ2) is 4.43. The van der Waals surface area contributed by atoms with Crippen LogP contribution in [-0.4, -0.2) is 18.8 Å². The molecule has 1 aromatic rings. The van der Waals surface area contributed by atoms with Gasteiger partial charge in [-0.1, -0.05) is 17.7 Å². The fraction of sp³-hybridized carbons (Fsp3) is 0.600. The van der Waals surface area contributed by atoms with Crippen LogP contribution in [0.5, 0.6) is 0 Å². The van der Waals surface area contributed by atoms with E-state index in [4.69, 9.17) is 0 Å². The molecule has 2 heteroatoms. The first-order chi connectivity index (χ1) is 8.04. The van der Waals surface area contributed by atoms with Crippen LogP contribution in [0.15, 0.2) is 12.1 Å². The Labute approximate surface area is 104 Å². The van der Waals surface area contributed by atoms with Crippen LogP contribution in [0.3, 0.4) is 0 Å². The van der Waals surface area contributed by atoms with Crippen molar-refractivity contribution in [2.75, 3.05) is 13.7 Å². The molecule has 0 saturated heterocycles. The smallest absolute Gasteiger partial charge is 0.0505 e. The molecule has 0 spiro atoms. The van der Waals surface area contributed by atoms with Gasteiger partial charge >= 0.3 is 0 Å². The number of nitrogens with one attached hydrogen (secondary N) is 1. The molecule has 0 amide bonds. The van der Waals surface area contributed by atoms with E-state index in [9.17, 15) is 5.11 Å². The summed E-state index contributed by atoms with van der Waals surface area (Å²) in [5.41, 5.74) is 5.44. The van der Waals surface area contributed by atoms with Crippen molar-refractivity contribution in [1.29, 1.82) is 0 Å². The topological polar surface area (TPSA) is 32.3 Å². The van der Waals surface area contributed by atoms with Crippen molar-refractivity contribution in [1.82, 2.24) is 5.32 Å². The largest absolute Gasteiger partial charge is 0.396 e. The Morgan fingerprint density at radius 3 is 2.12 bits per heavy atom. The molecule has 1 fully saturated rings. The fourth-order valence-electron chi connectivity index (χ4n) is 3.10. The minimum Gasteiger partial charge on any atom is -0.396 e. The molecular formula is C15H23NO. The third-order valence-corrected chi connectivity index (χ3v) is 4.13. The Morgan fingerprint density at radius 2 is 1.76 bits per heavy atom. The number of aliphatic hydroxyl groups is 1. The third kappa shape index (κ3) is 2.12. The Bertz CT molecular complexity index is 398. The maximum absolute atomic E-state index is 9.62. The number of benzene rings is 1. The van der Waals surface area contributed by atoms with Crippen LogP contribution in [0.1, 0.15) is 41.1 Å². The lowest BCUT2D eigenvalue weighted by Gasteiger charge is -2.28. The van der Waals surface area contributed by atoms with Gasteiger partial charge in [-0.2, -0.15) is 0 Å². The first kappa shape index (κ1) is 12.6. The zero-order valence-corrected chi connectivity index (χ0v) is 11.3. The molecule has 1 aliphatic rings. The lowest BCUT2D eigenvalue weighted by atomic mass is 9.85. The summed E-state index contributed by atoms with van der Waals surface area (Å²) < 4.78 is 0. The van der Waals surface area contributed by atoms with Gasteiger partial charge < -0.3 is 10.4 Å². The van der Waals surface area contributed by atoms with Crippen molar-refractivity contribution in [2.24, 2.45) is 5.41 Å². The summed E-state index contributed by atoms with van der Waals surface area (Å²) >= 11 is 0. The van der Waals surface area contributed by atoms with Crippen LogP contribution in [0, 0.1) is 26.2 Å². The van der Waals surface area contributed by atoms with Gasteiger partial charge in [-0.15, -0.1) is 0 Å². The highest BCUT2D eigenvalue weighted by molar-refractivity contribution is 5.41. The van der Waals surface area contributed by atoms with Crippen LogP contribution in [0.4, 0.5) is 0 Å². The van der Waals surface area contributed by atoms with Gasteiger partial charge in [0.05, 0.1) is 6.61 Å². The van der Waals surface area contributed by atoms with Gasteiger partial charge in [0, 0.05) is 11.5 Å². The quantitative estimate of drug-likeness (QED) is 0.838. The fourth-order valence-corrected chi connectivity index (χ4v) is 3.10. The highest BCUT2D eigenvalue weighted by atomic mass is 16.3. The first-order valence-electron chi connectivity index (χ1n) is 6.40. The van der Waals surface area contributed by atoms with E-state index in [1.807, 2.05) is 7.05 Å². The Kier molecular flexibility index (Phi) is 3.28. The second-order valence-corrected chi connectivity index (χ2v) is 5.55. The number of aryl methyl sites for hydroxylation is 3. The molecule has 2 N–H and O–H groups in total. The SMILES string of the molecule is CNC(c1c(C)cc(C)cc1C)C1(CO)CC1. The Balaban J connectivity index is 2.44. The molecule has 0 aromatic heterocycles. The molecule has 1 aromatic carbocycles. The lowest BCUT2D eigenvalue weighted by molar-refractivity contribution is 0.175. The molecule has 0 bridgehead atoms. The summed E-state index contributed by atoms with van der Waals surface area (Å²) in [6, 6.07) is 4.76. The highest BCUT2D eigenvalue weighted by Gasteiger charge is 2.49. The third-order valence-electron chi connectivity index (χ3n) is 4.13. The Morgan fingerprint density at radius 1 is 1.24 bits per heavy atom. The molecular weight excluding hydrogens is 210 g/mol. The number of aliphatic hydroxyl groups excluding tert-OH is 1. The molecule has 1 aliphatic carbocycles.